The summed E-state index contributed by atoms with van der Waals surface area (Å²) in [4.78, 5) is 35.9. The lowest BCUT2D eigenvalue weighted by molar-refractivity contribution is -0.137. The van der Waals surface area contributed by atoms with Gasteiger partial charge in [-0.1, -0.05) is 36.9 Å². The highest BCUT2D eigenvalue weighted by Gasteiger charge is 2.15. The van der Waals surface area contributed by atoms with Crippen LogP contribution in [0.1, 0.15) is 39.9 Å². The van der Waals surface area contributed by atoms with E-state index in [-0.39, 0.29) is 0 Å². The highest BCUT2D eigenvalue weighted by molar-refractivity contribution is 5.91. The Morgan fingerprint density at radius 2 is 1.39 bits per heavy atom. The van der Waals surface area contributed by atoms with Gasteiger partial charge in [-0.2, -0.15) is 0 Å². The maximum atomic E-state index is 12.7. The number of benzene rings is 3. The quantitative estimate of drug-likeness (QED) is 0.126. The van der Waals surface area contributed by atoms with Crippen LogP contribution in [0.3, 0.4) is 0 Å². The Bertz CT molecular complexity index is 1290. The number of rotatable bonds is 12. The van der Waals surface area contributed by atoms with Crippen LogP contribution in [0.25, 0.3) is 6.08 Å². The van der Waals surface area contributed by atoms with E-state index in [0.717, 1.165) is 11.6 Å². The largest absolute Gasteiger partial charge is 0.494 e. The molecule has 0 fully saturated rings. The summed E-state index contributed by atoms with van der Waals surface area (Å²) >= 11 is 0. The Balaban J connectivity index is 1.51. The van der Waals surface area contributed by atoms with Crippen LogP contribution in [-0.2, 0) is 14.3 Å². The summed E-state index contributed by atoms with van der Waals surface area (Å²) < 4.78 is 21.6. The maximum absolute atomic E-state index is 12.7. The number of carbonyl (C=O) groups excluding carboxylic acids is 3. The molecule has 3 aromatic carbocycles. The van der Waals surface area contributed by atoms with Gasteiger partial charge in [-0.3, -0.25) is 0 Å². The summed E-state index contributed by atoms with van der Waals surface area (Å²) in [6, 6.07) is 19.3. The topological polar surface area (TPSA) is 88.1 Å². The monoisotopic (exact) mass is 514 g/mol. The van der Waals surface area contributed by atoms with Gasteiger partial charge in [0.05, 0.1) is 18.8 Å². The summed E-state index contributed by atoms with van der Waals surface area (Å²) in [5.74, 6) is -0.0672. The first-order valence-electron chi connectivity index (χ1n) is 12.2. The molecule has 7 heteroatoms. The molecule has 0 atom stereocenters. The molecule has 0 aliphatic carbocycles. The average Bonchev–Trinajstić information content (AvgIpc) is 2.94. The van der Waals surface area contributed by atoms with Gasteiger partial charge in [0.15, 0.2) is 0 Å². The first kappa shape index (κ1) is 27.9. The Hall–Kier alpha value is -4.65. The van der Waals surface area contributed by atoms with Crippen molar-refractivity contribution in [2.24, 2.45) is 0 Å². The van der Waals surface area contributed by atoms with E-state index in [1.54, 1.807) is 56.3 Å². The number of ether oxygens (including phenoxy) is 4. The lowest BCUT2D eigenvalue weighted by Gasteiger charge is -2.13. The van der Waals surface area contributed by atoms with Crippen molar-refractivity contribution in [3.63, 3.8) is 0 Å². The van der Waals surface area contributed by atoms with Crippen molar-refractivity contribution in [1.29, 1.82) is 0 Å². The molecule has 7 nitrogen and oxygen atoms in total. The Kier molecular flexibility index (Phi) is 10.4. The minimum absolute atomic E-state index is 0.312. The molecule has 0 aromatic heterocycles. The van der Waals surface area contributed by atoms with Crippen molar-refractivity contribution in [2.45, 2.75) is 26.7 Å². The fourth-order valence-corrected chi connectivity index (χ4v) is 3.33. The van der Waals surface area contributed by atoms with E-state index in [1.165, 1.54) is 6.08 Å². The predicted molar refractivity (Wildman–Crippen MR) is 144 cm³/mol. The van der Waals surface area contributed by atoms with Crippen LogP contribution >= 0.6 is 0 Å². The molecule has 0 aliphatic rings. The van der Waals surface area contributed by atoms with Crippen LogP contribution in [0.5, 0.6) is 17.2 Å². The highest BCUT2D eigenvalue weighted by Crippen LogP contribution is 2.30. The number of carbonyl (C=O) groups is 3. The van der Waals surface area contributed by atoms with Gasteiger partial charge in [0.2, 0.25) is 0 Å². The zero-order valence-electron chi connectivity index (χ0n) is 21.5. The average molecular weight is 515 g/mol. The third kappa shape index (κ3) is 8.48. The van der Waals surface area contributed by atoms with E-state index >= 15 is 0 Å². The smallest absolute Gasteiger partial charge is 0.343 e. The molecule has 0 unspecified atom stereocenters. The zero-order valence-corrected chi connectivity index (χ0v) is 21.5. The molecule has 0 saturated heterocycles. The lowest BCUT2D eigenvalue weighted by Crippen LogP contribution is -2.11. The van der Waals surface area contributed by atoms with Crippen LogP contribution in [0.4, 0.5) is 0 Å². The molecule has 0 radical (unpaired) electrons. The summed E-state index contributed by atoms with van der Waals surface area (Å²) in [5, 5.41) is 0. The van der Waals surface area contributed by atoms with E-state index in [9.17, 15) is 14.4 Å². The molecular formula is C31H30O7. The first-order chi connectivity index (χ1) is 18.4. The van der Waals surface area contributed by atoms with Gasteiger partial charge in [0.1, 0.15) is 17.2 Å². The SMILES string of the molecule is C=CC(=O)OCCCCOc1ccc(C(=O)Oc2ccc(OC(=O)C=Cc3ccccc3)c(C)c2C)cc1. The summed E-state index contributed by atoms with van der Waals surface area (Å²) in [6.45, 7) is 7.70. The molecule has 0 amide bonds. The van der Waals surface area contributed by atoms with Crippen LogP contribution in [0, 0.1) is 13.8 Å². The van der Waals surface area contributed by atoms with Crippen LogP contribution in [-0.4, -0.2) is 31.1 Å². The first-order valence-corrected chi connectivity index (χ1v) is 12.2. The van der Waals surface area contributed by atoms with Gasteiger partial charge >= 0.3 is 17.9 Å². The van der Waals surface area contributed by atoms with Gasteiger partial charge in [0.25, 0.3) is 0 Å². The fraction of sp³-hybridized carbons (Fsp3) is 0.194. The summed E-state index contributed by atoms with van der Waals surface area (Å²) in [6.07, 6.45) is 5.56. The Morgan fingerprint density at radius 1 is 0.763 bits per heavy atom. The molecule has 38 heavy (non-hydrogen) atoms. The maximum Gasteiger partial charge on any atom is 0.343 e. The summed E-state index contributed by atoms with van der Waals surface area (Å²) in [7, 11) is 0. The molecule has 0 saturated carbocycles. The number of esters is 3. The van der Waals surface area contributed by atoms with Crippen molar-refractivity contribution >= 4 is 24.0 Å². The summed E-state index contributed by atoms with van der Waals surface area (Å²) in [5.41, 5.74) is 2.64. The Labute approximate surface area is 222 Å². The van der Waals surface area contributed by atoms with Gasteiger partial charge in [-0.05, 0) is 85.9 Å². The molecule has 0 heterocycles. The van der Waals surface area contributed by atoms with Crippen molar-refractivity contribution < 1.29 is 33.3 Å². The number of hydrogen-bond donors (Lipinski definition) is 0. The predicted octanol–water partition coefficient (Wildman–Crippen LogP) is 6.03. The normalized spacial score (nSPS) is 10.6. The van der Waals surface area contributed by atoms with Crippen molar-refractivity contribution in [1.82, 2.24) is 0 Å². The van der Waals surface area contributed by atoms with Gasteiger partial charge < -0.3 is 18.9 Å². The molecule has 0 bridgehead atoms. The molecule has 0 N–H and O–H groups in total. The van der Waals surface area contributed by atoms with Crippen molar-refractivity contribution in [2.75, 3.05) is 13.2 Å². The highest BCUT2D eigenvalue weighted by atomic mass is 16.5. The minimum Gasteiger partial charge on any atom is -0.494 e. The van der Waals surface area contributed by atoms with Crippen LogP contribution in [0.2, 0.25) is 0 Å². The number of unbranched alkanes of at least 4 members (excludes halogenated alkanes) is 1. The lowest BCUT2D eigenvalue weighted by atomic mass is 10.1. The zero-order chi connectivity index (χ0) is 27.3. The van der Waals surface area contributed by atoms with Gasteiger partial charge in [-0.15, -0.1) is 0 Å². The van der Waals surface area contributed by atoms with Crippen LogP contribution < -0.4 is 14.2 Å². The molecule has 3 rings (SSSR count). The molecule has 196 valence electrons. The molecule has 0 aliphatic heterocycles. The van der Waals surface area contributed by atoms with E-state index in [2.05, 4.69) is 6.58 Å². The molecule has 0 spiro atoms. The standard InChI is InChI=1S/C31H30O7/c1-4-29(32)36-21-9-8-20-35-26-15-13-25(14-16-26)31(34)38-28-18-17-27(22(2)23(28)3)37-30(33)19-12-24-10-6-5-7-11-24/h4-7,10-19H,1,8-9,20-21H2,2-3H3. The van der Waals surface area contributed by atoms with E-state index in [0.29, 0.717) is 60.0 Å². The second kappa shape index (κ2) is 14.2. The van der Waals surface area contributed by atoms with Crippen molar-refractivity contribution in [3.8, 4) is 17.2 Å². The third-order valence-corrected chi connectivity index (χ3v) is 5.62. The fourth-order valence-electron chi connectivity index (χ4n) is 3.33. The Morgan fingerprint density at radius 3 is 2.05 bits per heavy atom. The van der Waals surface area contributed by atoms with E-state index in [4.69, 9.17) is 18.9 Å². The van der Waals surface area contributed by atoms with E-state index in [1.807, 2.05) is 30.3 Å². The second-order valence-electron chi connectivity index (χ2n) is 8.32. The third-order valence-electron chi connectivity index (χ3n) is 5.62. The molecule has 3 aromatic rings. The van der Waals surface area contributed by atoms with Gasteiger partial charge in [0, 0.05) is 12.2 Å². The minimum atomic E-state index is -0.515. The van der Waals surface area contributed by atoms with Crippen LogP contribution in [0.15, 0.2) is 85.5 Å². The van der Waals surface area contributed by atoms with Crippen molar-refractivity contribution in [3.05, 3.63) is 108 Å². The second-order valence-corrected chi connectivity index (χ2v) is 8.32. The molecular weight excluding hydrogens is 484 g/mol. The number of hydrogen-bond acceptors (Lipinski definition) is 7. The van der Waals surface area contributed by atoms with Gasteiger partial charge in [-0.25, -0.2) is 14.4 Å². The van der Waals surface area contributed by atoms with E-state index < -0.39 is 17.9 Å².